The van der Waals surface area contributed by atoms with Crippen LogP contribution in [-0.2, 0) is 0 Å². The minimum atomic E-state index is 0.533. The van der Waals surface area contributed by atoms with E-state index in [0.717, 1.165) is 5.69 Å². The molecule has 0 amide bonds. The van der Waals surface area contributed by atoms with Crippen molar-refractivity contribution in [1.29, 1.82) is 0 Å². The molecule has 2 aromatic rings. The van der Waals surface area contributed by atoms with Crippen molar-refractivity contribution in [2.75, 3.05) is 5.32 Å². The van der Waals surface area contributed by atoms with Crippen LogP contribution in [0.25, 0.3) is 0 Å². The third-order valence-electron chi connectivity index (χ3n) is 1.61. The average molecular weight is 187 g/mol. The highest BCUT2D eigenvalue weighted by atomic mass is 15.1. The van der Waals surface area contributed by atoms with E-state index < -0.39 is 0 Å². The van der Waals surface area contributed by atoms with Gasteiger partial charge in [0.15, 0.2) is 0 Å². The fraction of sp³-hybridized carbons (Fsp3) is 0.111. The molecular formula is C9H9N5. The summed E-state index contributed by atoms with van der Waals surface area (Å²) in [6, 6.07) is 3.59. The summed E-state index contributed by atoms with van der Waals surface area (Å²) >= 11 is 0. The molecule has 0 fully saturated rings. The Morgan fingerprint density at radius 3 is 2.57 bits per heavy atom. The molecule has 0 bridgehead atoms. The van der Waals surface area contributed by atoms with E-state index in [1.807, 2.05) is 13.0 Å². The number of nitrogens with zero attached hydrogens (tertiary/aromatic N) is 4. The van der Waals surface area contributed by atoms with Gasteiger partial charge in [0.25, 0.3) is 0 Å². The van der Waals surface area contributed by atoms with Crippen LogP contribution in [0.4, 0.5) is 11.8 Å². The molecule has 2 aromatic heterocycles. The molecule has 5 nitrogen and oxygen atoms in total. The standard InChI is InChI=1S/C9H9N5/c1-7-5-8(13-6-12-7)14-9-10-3-2-4-11-9/h2-6H,1H3,(H,10,11,12,13,14). The summed E-state index contributed by atoms with van der Waals surface area (Å²) in [6.07, 6.45) is 4.84. The average Bonchev–Trinajstić information content (AvgIpc) is 2.19. The van der Waals surface area contributed by atoms with Crippen LogP contribution in [0.5, 0.6) is 0 Å². The molecule has 1 N–H and O–H groups in total. The van der Waals surface area contributed by atoms with Crippen molar-refractivity contribution in [3.63, 3.8) is 0 Å². The van der Waals surface area contributed by atoms with Gasteiger partial charge in [-0.05, 0) is 13.0 Å². The number of aromatic nitrogens is 4. The van der Waals surface area contributed by atoms with E-state index >= 15 is 0 Å². The van der Waals surface area contributed by atoms with Crippen molar-refractivity contribution in [3.8, 4) is 0 Å². The maximum absolute atomic E-state index is 4.03. The maximum Gasteiger partial charge on any atom is 0.228 e. The Kier molecular flexibility index (Phi) is 2.31. The number of rotatable bonds is 2. The van der Waals surface area contributed by atoms with Gasteiger partial charge in [0, 0.05) is 24.2 Å². The van der Waals surface area contributed by atoms with Crippen LogP contribution in [-0.4, -0.2) is 19.9 Å². The Morgan fingerprint density at radius 1 is 1.07 bits per heavy atom. The first-order chi connectivity index (χ1) is 6.84. The molecule has 0 aliphatic rings. The molecule has 14 heavy (non-hydrogen) atoms. The highest BCUT2D eigenvalue weighted by Gasteiger charge is 1.97. The fourth-order valence-electron chi connectivity index (χ4n) is 1.00. The van der Waals surface area contributed by atoms with Gasteiger partial charge in [-0.1, -0.05) is 0 Å². The minimum absolute atomic E-state index is 0.533. The van der Waals surface area contributed by atoms with Gasteiger partial charge in [0.1, 0.15) is 12.1 Å². The lowest BCUT2D eigenvalue weighted by atomic mass is 10.4. The summed E-state index contributed by atoms with van der Waals surface area (Å²) in [5, 5.41) is 2.97. The van der Waals surface area contributed by atoms with Crippen LogP contribution in [0, 0.1) is 6.92 Å². The van der Waals surface area contributed by atoms with Gasteiger partial charge in [-0.15, -0.1) is 0 Å². The molecule has 0 radical (unpaired) electrons. The predicted molar refractivity (Wildman–Crippen MR) is 52.1 cm³/mol. The summed E-state index contributed by atoms with van der Waals surface area (Å²) in [7, 11) is 0. The Labute approximate surface area is 81.3 Å². The number of anilines is 2. The number of nitrogens with one attached hydrogen (secondary N) is 1. The fourth-order valence-corrected chi connectivity index (χ4v) is 1.00. The first kappa shape index (κ1) is 8.55. The van der Waals surface area contributed by atoms with E-state index in [1.165, 1.54) is 6.33 Å². The summed E-state index contributed by atoms with van der Waals surface area (Å²) in [6.45, 7) is 1.90. The largest absolute Gasteiger partial charge is 0.309 e. The Bertz CT molecular complexity index is 415. The van der Waals surface area contributed by atoms with Crippen molar-refractivity contribution in [2.45, 2.75) is 6.92 Å². The molecule has 0 unspecified atom stereocenters. The minimum Gasteiger partial charge on any atom is -0.309 e. The molecule has 2 heterocycles. The SMILES string of the molecule is Cc1cc(Nc2ncccn2)ncn1. The van der Waals surface area contributed by atoms with Gasteiger partial charge in [-0.25, -0.2) is 19.9 Å². The van der Waals surface area contributed by atoms with Crippen LogP contribution >= 0.6 is 0 Å². The van der Waals surface area contributed by atoms with Crippen molar-refractivity contribution in [2.24, 2.45) is 0 Å². The van der Waals surface area contributed by atoms with E-state index in [-0.39, 0.29) is 0 Å². The second-order valence-corrected chi connectivity index (χ2v) is 2.74. The number of hydrogen-bond acceptors (Lipinski definition) is 5. The highest BCUT2D eigenvalue weighted by Crippen LogP contribution is 2.07. The Morgan fingerprint density at radius 2 is 1.86 bits per heavy atom. The molecule has 0 aliphatic heterocycles. The third kappa shape index (κ3) is 2.01. The topological polar surface area (TPSA) is 63.6 Å². The lowest BCUT2D eigenvalue weighted by molar-refractivity contribution is 1.08. The van der Waals surface area contributed by atoms with Gasteiger partial charge in [0.2, 0.25) is 5.95 Å². The summed E-state index contributed by atoms with van der Waals surface area (Å²) in [5.41, 5.74) is 0.901. The Hall–Kier alpha value is -2.04. The molecule has 0 atom stereocenters. The quantitative estimate of drug-likeness (QED) is 0.768. The summed E-state index contributed by atoms with van der Waals surface area (Å²) in [4.78, 5) is 16.1. The van der Waals surface area contributed by atoms with E-state index in [1.54, 1.807) is 18.5 Å². The Balaban J connectivity index is 2.19. The molecule has 0 aliphatic carbocycles. The van der Waals surface area contributed by atoms with E-state index in [0.29, 0.717) is 11.8 Å². The second-order valence-electron chi connectivity index (χ2n) is 2.74. The summed E-state index contributed by atoms with van der Waals surface area (Å²) in [5.74, 6) is 1.23. The zero-order valence-corrected chi connectivity index (χ0v) is 7.68. The zero-order valence-electron chi connectivity index (χ0n) is 7.68. The van der Waals surface area contributed by atoms with Crippen LogP contribution in [0.1, 0.15) is 5.69 Å². The molecule has 0 spiro atoms. The maximum atomic E-state index is 4.03. The van der Waals surface area contributed by atoms with Crippen molar-refractivity contribution in [1.82, 2.24) is 19.9 Å². The normalized spacial score (nSPS) is 9.79. The molecule has 0 saturated heterocycles. The lowest BCUT2D eigenvalue weighted by Gasteiger charge is -2.02. The van der Waals surface area contributed by atoms with E-state index in [9.17, 15) is 0 Å². The van der Waals surface area contributed by atoms with Crippen molar-refractivity contribution >= 4 is 11.8 Å². The van der Waals surface area contributed by atoms with Crippen LogP contribution < -0.4 is 5.32 Å². The first-order valence-electron chi connectivity index (χ1n) is 4.17. The molecule has 2 rings (SSSR count). The second kappa shape index (κ2) is 3.78. The third-order valence-corrected chi connectivity index (χ3v) is 1.61. The molecule has 0 saturated carbocycles. The summed E-state index contributed by atoms with van der Waals surface area (Å²) < 4.78 is 0. The molecule has 70 valence electrons. The highest BCUT2D eigenvalue weighted by molar-refractivity contribution is 5.46. The van der Waals surface area contributed by atoms with Crippen LogP contribution in [0.3, 0.4) is 0 Å². The van der Waals surface area contributed by atoms with Gasteiger partial charge in [-0.3, -0.25) is 0 Å². The van der Waals surface area contributed by atoms with Crippen molar-refractivity contribution < 1.29 is 0 Å². The van der Waals surface area contributed by atoms with Crippen LogP contribution in [0.2, 0.25) is 0 Å². The molecule has 0 aromatic carbocycles. The van der Waals surface area contributed by atoms with Gasteiger partial charge < -0.3 is 5.32 Å². The van der Waals surface area contributed by atoms with E-state index in [4.69, 9.17) is 0 Å². The number of aryl methyl sites for hydroxylation is 1. The predicted octanol–water partition coefficient (Wildman–Crippen LogP) is 1.32. The first-order valence-corrected chi connectivity index (χ1v) is 4.17. The van der Waals surface area contributed by atoms with Gasteiger partial charge in [0.05, 0.1) is 0 Å². The van der Waals surface area contributed by atoms with E-state index in [2.05, 4.69) is 25.3 Å². The van der Waals surface area contributed by atoms with Crippen molar-refractivity contribution in [3.05, 3.63) is 36.5 Å². The monoisotopic (exact) mass is 187 g/mol. The van der Waals surface area contributed by atoms with Gasteiger partial charge >= 0.3 is 0 Å². The zero-order chi connectivity index (χ0) is 9.80. The number of hydrogen-bond donors (Lipinski definition) is 1. The van der Waals surface area contributed by atoms with Gasteiger partial charge in [-0.2, -0.15) is 0 Å². The molecular weight excluding hydrogens is 178 g/mol. The molecule has 5 heteroatoms. The van der Waals surface area contributed by atoms with Crippen LogP contribution in [0.15, 0.2) is 30.9 Å². The smallest absolute Gasteiger partial charge is 0.228 e. The lowest BCUT2D eigenvalue weighted by Crippen LogP contribution is -1.98.